The van der Waals surface area contributed by atoms with Crippen molar-refractivity contribution < 1.29 is 32.9 Å². The molecule has 1 amide bonds. The third-order valence-corrected chi connectivity index (χ3v) is 14.3. The molecule has 0 aliphatic heterocycles. The standard InChI is InChI=1S/C65H117N2O6P/c1-6-8-10-12-14-16-18-20-22-24-26-28-30-31-32-33-34-35-37-38-40-42-44-46-48-50-52-54-56-58-64(68)63(62-73-74(70,71)72-61-60-67(3,4)5)66-65(69)59-57-55-53-51-49-47-45-43-41-39-36-29-27-25-23-21-19-17-15-13-11-9-7-2/h9,11,15,17,21,23,27,29,39,41,45,47,51,53,56,58,63-64,68H,6-8,10,12-14,16,18-20,22,24-26,28,30-38,40,42-44,46,48-50,52,54-55,57,59-62H2,1-5H3,(H-,66,69,70,71)/p+1/b11-9-,17-15-,23-21-,29-27-,41-39-,47-45-,53-51-,58-56+. The van der Waals surface area contributed by atoms with E-state index in [0.717, 1.165) is 70.6 Å². The molecule has 0 aromatic heterocycles. The van der Waals surface area contributed by atoms with Gasteiger partial charge in [-0.1, -0.05) is 278 Å². The van der Waals surface area contributed by atoms with Gasteiger partial charge in [-0.05, 0) is 70.6 Å². The van der Waals surface area contributed by atoms with Crippen molar-refractivity contribution in [1.29, 1.82) is 0 Å². The summed E-state index contributed by atoms with van der Waals surface area (Å²) in [6.45, 7) is 4.67. The van der Waals surface area contributed by atoms with Crippen molar-refractivity contribution in [2.24, 2.45) is 0 Å². The number of likely N-dealkylation sites (N-methyl/N-ethyl adjacent to an activating group) is 1. The molecule has 0 bridgehead atoms. The first-order valence-corrected chi connectivity index (χ1v) is 32.1. The van der Waals surface area contributed by atoms with Crippen molar-refractivity contribution in [3.8, 4) is 0 Å². The molecular weight excluding hydrogens is 936 g/mol. The Labute approximate surface area is 458 Å². The van der Waals surface area contributed by atoms with Crippen molar-refractivity contribution in [3.05, 3.63) is 97.2 Å². The molecule has 0 aliphatic carbocycles. The van der Waals surface area contributed by atoms with E-state index in [9.17, 15) is 19.4 Å². The number of hydrogen-bond donors (Lipinski definition) is 3. The van der Waals surface area contributed by atoms with E-state index in [4.69, 9.17) is 9.05 Å². The molecule has 0 aromatic rings. The van der Waals surface area contributed by atoms with E-state index in [1.54, 1.807) is 6.08 Å². The van der Waals surface area contributed by atoms with Gasteiger partial charge in [0, 0.05) is 6.42 Å². The summed E-state index contributed by atoms with van der Waals surface area (Å²) in [5, 5.41) is 13.9. The molecule has 0 spiro atoms. The predicted octanol–water partition coefficient (Wildman–Crippen LogP) is 19.0. The van der Waals surface area contributed by atoms with Crippen molar-refractivity contribution in [1.82, 2.24) is 5.32 Å². The quantitative estimate of drug-likeness (QED) is 0.0243. The number of quaternary nitrogens is 1. The summed E-state index contributed by atoms with van der Waals surface area (Å²) >= 11 is 0. The lowest BCUT2D eigenvalue weighted by Crippen LogP contribution is -2.45. The highest BCUT2D eigenvalue weighted by atomic mass is 31.2. The van der Waals surface area contributed by atoms with Gasteiger partial charge in [-0.25, -0.2) is 4.57 Å². The van der Waals surface area contributed by atoms with Crippen LogP contribution in [-0.2, 0) is 18.4 Å². The second kappa shape index (κ2) is 55.2. The number of unbranched alkanes of at least 4 members (excludes halogenated alkanes) is 28. The maximum Gasteiger partial charge on any atom is 0.472 e. The Bertz CT molecular complexity index is 1520. The van der Waals surface area contributed by atoms with Crippen LogP contribution in [0.25, 0.3) is 0 Å². The zero-order valence-electron chi connectivity index (χ0n) is 48.8. The first-order chi connectivity index (χ1) is 36.0. The van der Waals surface area contributed by atoms with Gasteiger partial charge in [0.1, 0.15) is 13.2 Å². The van der Waals surface area contributed by atoms with E-state index in [0.29, 0.717) is 17.4 Å². The zero-order valence-corrected chi connectivity index (χ0v) is 49.7. The summed E-state index contributed by atoms with van der Waals surface area (Å²) in [6.07, 6.45) is 79.6. The van der Waals surface area contributed by atoms with Crippen LogP contribution in [0.3, 0.4) is 0 Å². The Morgan fingerprint density at radius 3 is 1.18 bits per heavy atom. The number of nitrogens with one attached hydrogen (secondary N) is 1. The lowest BCUT2D eigenvalue weighted by atomic mass is 10.0. The minimum absolute atomic E-state index is 0.0457. The fraction of sp³-hybridized carbons (Fsp3) is 0.738. The van der Waals surface area contributed by atoms with E-state index in [-0.39, 0.29) is 25.5 Å². The number of amides is 1. The number of carbonyl (C=O) groups excluding carboxylic acids is 1. The monoisotopic (exact) mass is 1050 g/mol. The van der Waals surface area contributed by atoms with Crippen molar-refractivity contribution in [3.63, 3.8) is 0 Å². The van der Waals surface area contributed by atoms with Crippen LogP contribution >= 0.6 is 7.82 Å². The molecule has 0 fully saturated rings. The Morgan fingerprint density at radius 1 is 0.473 bits per heavy atom. The smallest absolute Gasteiger partial charge is 0.387 e. The second-order valence-electron chi connectivity index (χ2n) is 21.7. The van der Waals surface area contributed by atoms with Gasteiger partial charge < -0.3 is 19.8 Å². The first-order valence-electron chi connectivity index (χ1n) is 30.6. The SMILES string of the molecule is CC/C=C\C/C=C\C/C=C\C/C=C\C/C=C\C/C=C\C/C=C\CCCC(=O)NC(COP(=O)(O)OCC[N+](C)(C)C)C(O)/C=C/CCCCCCCCCCCCCCCCCCCCCCCCCCCCC. The van der Waals surface area contributed by atoms with E-state index in [1.165, 1.54) is 161 Å². The third-order valence-electron chi connectivity index (χ3n) is 13.3. The molecule has 74 heavy (non-hydrogen) atoms. The summed E-state index contributed by atoms with van der Waals surface area (Å²) in [6, 6.07) is -0.886. The van der Waals surface area contributed by atoms with Gasteiger partial charge in [0.25, 0.3) is 0 Å². The van der Waals surface area contributed by atoms with Gasteiger partial charge in [0.2, 0.25) is 5.91 Å². The molecule has 9 heteroatoms. The summed E-state index contributed by atoms with van der Waals surface area (Å²) in [5.41, 5.74) is 0. The second-order valence-corrected chi connectivity index (χ2v) is 23.2. The van der Waals surface area contributed by atoms with Crippen LogP contribution in [0.5, 0.6) is 0 Å². The Morgan fingerprint density at radius 2 is 0.811 bits per heavy atom. The fourth-order valence-electron chi connectivity index (χ4n) is 8.56. The lowest BCUT2D eigenvalue weighted by molar-refractivity contribution is -0.870. The lowest BCUT2D eigenvalue weighted by Gasteiger charge is -2.25. The largest absolute Gasteiger partial charge is 0.472 e. The maximum atomic E-state index is 13.0. The third kappa shape index (κ3) is 57.1. The van der Waals surface area contributed by atoms with Crippen molar-refractivity contribution in [2.75, 3.05) is 40.9 Å². The first kappa shape index (κ1) is 71.4. The average molecular weight is 1050 g/mol. The predicted molar refractivity (Wildman–Crippen MR) is 322 cm³/mol. The van der Waals surface area contributed by atoms with Crippen LogP contribution in [0, 0.1) is 0 Å². The molecule has 0 aromatic carbocycles. The number of rotatable bonds is 55. The molecule has 0 saturated carbocycles. The van der Waals surface area contributed by atoms with Gasteiger partial charge in [-0.3, -0.25) is 13.8 Å². The van der Waals surface area contributed by atoms with E-state index >= 15 is 0 Å². The summed E-state index contributed by atoms with van der Waals surface area (Å²) in [4.78, 5) is 23.3. The number of allylic oxidation sites excluding steroid dienone is 15. The number of carbonyl (C=O) groups is 1. The fourth-order valence-corrected chi connectivity index (χ4v) is 9.30. The number of phosphoric acid groups is 1. The molecule has 0 saturated heterocycles. The highest BCUT2D eigenvalue weighted by molar-refractivity contribution is 7.47. The molecule has 0 radical (unpaired) electrons. The number of phosphoric ester groups is 1. The topological polar surface area (TPSA) is 105 Å². The summed E-state index contributed by atoms with van der Waals surface area (Å²) in [5.74, 6) is -0.235. The molecule has 0 aliphatic rings. The van der Waals surface area contributed by atoms with Gasteiger partial charge in [0.05, 0.1) is 39.9 Å². The van der Waals surface area contributed by atoms with Crippen LogP contribution in [0.1, 0.15) is 258 Å². The van der Waals surface area contributed by atoms with Crippen LogP contribution in [0.15, 0.2) is 97.2 Å². The van der Waals surface area contributed by atoms with Gasteiger partial charge >= 0.3 is 7.82 Å². The van der Waals surface area contributed by atoms with Crippen molar-refractivity contribution >= 4 is 13.7 Å². The molecule has 3 N–H and O–H groups in total. The molecular formula is C65H118N2O6P+. The average Bonchev–Trinajstić information content (AvgIpc) is 3.36. The van der Waals surface area contributed by atoms with Gasteiger partial charge in [0.15, 0.2) is 0 Å². The Balaban J connectivity index is 4.26. The molecule has 0 heterocycles. The van der Waals surface area contributed by atoms with Crippen LogP contribution in [0.4, 0.5) is 0 Å². The number of aliphatic hydroxyl groups is 1. The van der Waals surface area contributed by atoms with Gasteiger partial charge in [-0.15, -0.1) is 0 Å². The maximum absolute atomic E-state index is 13.0. The van der Waals surface area contributed by atoms with E-state index in [2.05, 4.69) is 104 Å². The molecule has 3 atom stereocenters. The molecule has 0 rings (SSSR count). The highest BCUT2D eigenvalue weighted by Gasteiger charge is 2.27. The minimum Gasteiger partial charge on any atom is -0.387 e. The number of hydrogen-bond acceptors (Lipinski definition) is 5. The normalized spacial score (nSPS) is 14.5. The van der Waals surface area contributed by atoms with E-state index < -0.39 is 20.0 Å². The van der Waals surface area contributed by atoms with Crippen LogP contribution < -0.4 is 5.32 Å². The summed E-state index contributed by atoms with van der Waals surface area (Å²) < 4.78 is 23.7. The van der Waals surface area contributed by atoms with Gasteiger partial charge in [-0.2, -0.15) is 0 Å². The molecule has 3 unspecified atom stereocenters. The Kier molecular flexibility index (Phi) is 53.3. The van der Waals surface area contributed by atoms with E-state index in [1.807, 2.05) is 27.2 Å². The molecule has 428 valence electrons. The van der Waals surface area contributed by atoms with Crippen LogP contribution in [-0.4, -0.2) is 73.4 Å². The number of aliphatic hydroxyl groups excluding tert-OH is 1. The minimum atomic E-state index is -4.37. The summed E-state index contributed by atoms with van der Waals surface area (Å²) in [7, 11) is 1.53. The molecule has 8 nitrogen and oxygen atoms in total. The van der Waals surface area contributed by atoms with Crippen LogP contribution in [0.2, 0.25) is 0 Å². The Hall–Kier alpha value is -2.58. The zero-order chi connectivity index (χ0) is 54.2. The highest BCUT2D eigenvalue weighted by Crippen LogP contribution is 2.43. The number of nitrogens with zero attached hydrogens (tertiary/aromatic N) is 1. The van der Waals surface area contributed by atoms with Crippen molar-refractivity contribution in [2.45, 2.75) is 270 Å².